The van der Waals surface area contributed by atoms with E-state index in [0.717, 1.165) is 32.2 Å². The van der Waals surface area contributed by atoms with Crippen LogP contribution in [0.5, 0.6) is 11.8 Å². The van der Waals surface area contributed by atoms with E-state index in [-0.39, 0.29) is 63.5 Å². The Labute approximate surface area is 289 Å². The standard InChI is InChI=1S/C38H38F2N6O4/c1-6-27-30(39)13-10-22-15-26(50-37(48)21(3)4)16-28(32(22)27)34-33(40)35-29(17-41-34)36(43-38(42-35)49-20-25-9-8-14-44(25)5)45-18-23-11-12-24(19-45)46(23)31(47)7-2/h1,7,10,13,15-17,21,23-25H,2,8-9,11-12,14,18-20H2,3-5H3/t23-,24+,25?. The molecule has 1 unspecified atom stereocenters. The predicted octanol–water partition coefficient (Wildman–Crippen LogP) is 5.50. The molecule has 10 nitrogen and oxygen atoms in total. The molecule has 0 N–H and O–H groups in total. The molecule has 0 saturated carbocycles. The molecule has 3 aliphatic heterocycles. The van der Waals surface area contributed by atoms with Crippen LogP contribution in [0.2, 0.25) is 0 Å². The van der Waals surface area contributed by atoms with Crippen LogP contribution in [0.15, 0.2) is 43.1 Å². The number of terminal acetylenes is 1. The van der Waals surface area contributed by atoms with Gasteiger partial charge in [-0.25, -0.2) is 8.78 Å². The number of fused-ring (bicyclic) bond motifs is 4. The zero-order chi connectivity index (χ0) is 35.3. The molecule has 2 aromatic heterocycles. The van der Waals surface area contributed by atoms with Crippen molar-refractivity contribution in [1.29, 1.82) is 0 Å². The van der Waals surface area contributed by atoms with Crippen molar-refractivity contribution >= 4 is 39.4 Å². The number of pyridine rings is 1. The van der Waals surface area contributed by atoms with Crippen molar-refractivity contribution in [2.24, 2.45) is 5.92 Å². The van der Waals surface area contributed by atoms with Crippen molar-refractivity contribution in [2.45, 2.75) is 57.7 Å². The Balaban J connectivity index is 1.38. The number of hydrogen-bond acceptors (Lipinski definition) is 9. The first kappa shape index (κ1) is 33.4. The summed E-state index contributed by atoms with van der Waals surface area (Å²) in [6.07, 6.45) is 12.3. The van der Waals surface area contributed by atoms with E-state index in [0.29, 0.717) is 36.3 Å². The first-order valence-electron chi connectivity index (χ1n) is 16.9. The number of hydrogen-bond donors (Lipinski definition) is 0. The number of likely N-dealkylation sites (N-methyl/N-ethyl adjacent to an activating group) is 1. The number of ether oxygens (including phenoxy) is 2. The number of carbonyl (C=O) groups is 2. The van der Waals surface area contributed by atoms with E-state index < -0.39 is 23.5 Å². The maximum atomic E-state index is 17.1. The molecule has 2 aromatic carbocycles. The van der Waals surface area contributed by atoms with Gasteiger partial charge < -0.3 is 24.2 Å². The lowest BCUT2D eigenvalue weighted by molar-refractivity contribution is -0.137. The summed E-state index contributed by atoms with van der Waals surface area (Å²) in [6.45, 7) is 9.32. The maximum Gasteiger partial charge on any atom is 0.319 e. The van der Waals surface area contributed by atoms with Gasteiger partial charge in [0.25, 0.3) is 0 Å². The largest absolute Gasteiger partial charge is 0.462 e. The highest BCUT2D eigenvalue weighted by molar-refractivity contribution is 6.03. The van der Waals surface area contributed by atoms with E-state index >= 15 is 8.78 Å². The highest BCUT2D eigenvalue weighted by Gasteiger charge is 2.42. The normalized spacial score (nSPS) is 20.5. The zero-order valence-corrected chi connectivity index (χ0v) is 28.3. The highest BCUT2D eigenvalue weighted by atomic mass is 19.1. The molecule has 1 amide bonds. The van der Waals surface area contributed by atoms with Crippen LogP contribution < -0.4 is 14.4 Å². The third-order valence-electron chi connectivity index (χ3n) is 10.1. The lowest BCUT2D eigenvalue weighted by Gasteiger charge is -2.41. The molecule has 4 aromatic rings. The summed E-state index contributed by atoms with van der Waals surface area (Å²) in [5.41, 5.74) is -0.121. The zero-order valence-electron chi connectivity index (χ0n) is 28.3. The van der Waals surface area contributed by atoms with Crippen LogP contribution >= 0.6 is 0 Å². The van der Waals surface area contributed by atoms with E-state index in [9.17, 15) is 9.59 Å². The van der Waals surface area contributed by atoms with Crippen LogP contribution in [-0.4, -0.2) is 88.0 Å². The summed E-state index contributed by atoms with van der Waals surface area (Å²) in [7, 11) is 2.04. The second-order valence-electron chi connectivity index (χ2n) is 13.6. The molecule has 3 fully saturated rings. The first-order valence-corrected chi connectivity index (χ1v) is 16.9. The minimum Gasteiger partial charge on any atom is -0.462 e. The summed E-state index contributed by atoms with van der Waals surface area (Å²) < 4.78 is 44.0. The monoisotopic (exact) mass is 680 g/mol. The van der Waals surface area contributed by atoms with Gasteiger partial charge in [-0.05, 0) is 68.9 Å². The third-order valence-corrected chi connectivity index (χ3v) is 10.1. The van der Waals surface area contributed by atoms with Gasteiger partial charge in [-0.2, -0.15) is 9.97 Å². The van der Waals surface area contributed by atoms with Crippen LogP contribution in [0.3, 0.4) is 0 Å². The van der Waals surface area contributed by atoms with Crippen LogP contribution in [0.1, 0.15) is 45.1 Å². The van der Waals surface area contributed by atoms with Crippen LogP contribution in [0.25, 0.3) is 32.9 Å². The Kier molecular flexibility index (Phi) is 8.86. The van der Waals surface area contributed by atoms with E-state index in [2.05, 4.69) is 27.4 Å². The van der Waals surface area contributed by atoms with E-state index in [1.807, 2.05) is 16.8 Å². The van der Waals surface area contributed by atoms with Gasteiger partial charge in [-0.1, -0.05) is 32.4 Å². The van der Waals surface area contributed by atoms with Gasteiger partial charge in [0, 0.05) is 48.4 Å². The predicted molar refractivity (Wildman–Crippen MR) is 186 cm³/mol. The van der Waals surface area contributed by atoms with Gasteiger partial charge in [0.05, 0.1) is 16.9 Å². The number of benzene rings is 2. The Morgan fingerprint density at radius 3 is 2.56 bits per heavy atom. The summed E-state index contributed by atoms with van der Waals surface area (Å²) in [5, 5.41) is 1.05. The number of amides is 1. The van der Waals surface area contributed by atoms with Crippen LogP contribution in [0, 0.1) is 29.9 Å². The number of carbonyl (C=O) groups excluding carboxylic acids is 2. The summed E-state index contributed by atoms with van der Waals surface area (Å²) in [4.78, 5) is 45.3. The lowest BCUT2D eigenvalue weighted by Crippen LogP contribution is -2.55. The molecule has 7 rings (SSSR count). The molecule has 2 bridgehead atoms. The SMILES string of the molecule is C#Cc1c(F)ccc2cc(OC(=O)C(C)C)cc(-c3ncc4c(N5C[C@H]6CC[C@@H](C5)N6C(=O)C=C)nc(OCC5CCCN5C)nc4c3F)c12. The Morgan fingerprint density at radius 2 is 1.90 bits per heavy atom. The highest BCUT2D eigenvalue weighted by Crippen LogP contribution is 2.40. The molecular weight excluding hydrogens is 642 g/mol. The molecule has 0 radical (unpaired) electrons. The van der Waals surface area contributed by atoms with Crippen molar-refractivity contribution in [1.82, 2.24) is 24.8 Å². The van der Waals surface area contributed by atoms with Crippen LogP contribution in [-0.2, 0) is 9.59 Å². The van der Waals surface area contributed by atoms with Crippen molar-refractivity contribution in [3.8, 4) is 35.4 Å². The first-order chi connectivity index (χ1) is 24.1. The fourth-order valence-electron chi connectivity index (χ4n) is 7.45. The van der Waals surface area contributed by atoms with Gasteiger partial charge in [0.2, 0.25) is 5.91 Å². The number of piperazine rings is 1. The average molecular weight is 681 g/mol. The minimum atomic E-state index is -0.793. The molecule has 12 heteroatoms. The molecule has 5 heterocycles. The van der Waals surface area contributed by atoms with Gasteiger partial charge in [0.1, 0.15) is 35.2 Å². The molecule has 0 spiro atoms. The number of anilines is 1. The quantitative estimate of drug-likeness (QED) is 0.103. The second kappa shape index (κ2) is 13.3. The van der Waals surface area contributed by atoms with Gasteiger partial charge in [0.15, 0.2) is 5.82 Å². The Hall–Kier alpha value is -5.15. The molecule has 3 atom stereocenters. The number of nitrogens with zero attached hydrogens (tertiary/aromatic N) is 6. The van der Waals surface area contributed by atoms with Gasteiger partial charge in [-0.15, -0.1) is 6.42 Å². The summed E-state index contributed by atoms with van der Waals surface area (Å²) >= 11 is 0. The summed E-state index contributed by atoms with van der Waals surface area (Å²) in [6, 6.07) is 5.80. The van der Waals surface area contributed by atoms with Gasteiger partial charge >= 0.3 is 12.0 Å². The average Bonchev–Trinajstić information content (AvgIpc) is 3.64. The van der Waals surface area contributed by atoms with E-state index in [1.54, 1.807) is 19.9 Å². The molecular formula is C38H38F2N6O4. The molecule has 0 aliphatic carbocycles. The van der Waals surface area contributed by atoms with E-state index in [1.165, 1.54) is 30.5 Å². The van der Waals surface area contributed by atoms with Crippen LogP contribution in [0.4, 0.5) is 14.6 Å². The van der Waals surface area contributed by atoms with Crippen molar-refractivity contribution in [3.63, 3.8) is 0 Å². The van der Waals surface area contributed by atoms with E-state index in [4.69, 9.17) is 20.9 Å². The molecule has 3 saturated heterocycles. The fourth-order valence-corrected chi connectivity index (χ4v) is 7.45. The summed E-state index contributed by atoms with van der Waals surface area (Å²) in [5.74, 6) is 0.510. The minimum absolute atomic E-state index is 0.0145. The number of halogens is 2. The number of rotatable bonds is 8. The van der Waals surface area contributed by atoms with Crippen molar-refractivity contribution < 1.29 is 27.8 Å². The lowest BCUT2D eigenvalue weighted by atomic mass is 9.95. The van der Waals surface area contributed by atoms with Crippen molar-refractivity contribution in [2.75, 3.05) is 38.2 Å². The topological polar surface area (TPSA) is 101 Å². The molecule has 50 heavy (non-hydrogen) atoms. The van der Waals surface area contributed by atoms with Gasteiger partial charge in [-0.3, -0.25) is 14.6 Å². The smallest absolute Gasteiger partial charge is 0.319 e. The molecule has 258 valence electrons. The Bertz CT molecular complexity index is 2070. The fraction of sp³-hybridized carbons (Fsp3) is 0.395. The maximum absolute atomic E-state index is 17.1. The number of esters is 1. The third kappa shape index (κ3) is 5.89. The second-order valence-corrected chi connectivity index (χ2v) is 13.6. The molecule has 3 aliphatic rings. The number of likely N-dealkylation sites (tertiary alicyclic amines) is 1. The Morgan fingerprint density at radius 1 is 1.14 bits per heavy atom. The number of aromatic nitrogens is 3. The van der Waals surface area contributed by atoms with Crippen molar-refractivity contribution in [3.05, 3.63) is 60.3 Å².